The molecule has 4 heteroatoms. The predicted molar refractivity (Wildman–Crippen MR) is 73.7 cm³/mol. The van der Waals surface area contributed by atoms with Gasteiger partial charge in [0.1, 0.15) is 0 Å². The van der Waals surface area contributed by atoms with Crippen molar-refractivity contribution in [2.24, 2.45) is 5.92 Å². The van der Waals surface area contributed by atoms with Crippen LogP contribution in [0.1, 0.15) is 18.4 Å². The van der Waals surface area contributed by atoms with Gasteiger partial charge < -0.3 is 15.4 Å². The molecule has 0 bridgehead atoms. The van der Waals surface area contributed by atoms with E-state index in [-0.39, 0.29) is 12.0 Å². The van der Waals surface area contributed by atoms with Crippen LogP contribution in [-0.2, 0) is 11.2 Å². The van der Waals surface area contributed by atoms with Crippen LogP contribution in [0.5, 0.6) is 0 Å². The van der Waals surface area contributed by atoms with Gasteiger partial charge in [-0.05, 0) is 30.4 Å². The van der Waals surface area contributed by atoms with Gasteiger partial charge in [-0.2, -0.15) is 0 Å². The largest absolute Gasteiger partial charge is 0.391 e. The summed E-state index contributed by atoms with van der Waals surface area (Å²) >= 11 is 0. The van der Waals surface area contributed by atoms with Crippen LogP contribution in [0.4, 0.5) is 0 Å². The minimum absolute atomic E-state index is 0.0375. The zero-order valence-corrected chi connectivity index (χ0v) is 10.7. The fraction of sp³-hybridized carbons (Fsp3) is 0.400. The SMILES string of the molecule is O=C(Cc1c[nH]c2ccccc12)NCC(O)C1CC1. The first-order valence-corrected chi connectivity index (χ1v) is 6.74. The molecule has 1 aromatic heterocycles. The van der Waals surface area contributed by atoms with Crippen molar-refractivity contribution < 1.29 is 9.90 Å². The summed E-state index contributed by atoms with van der Waals surface area (Å²) in [5, 5.41) is 13.6. The van der Waals surface area contributed by atoms with Crippen LogP contribution in [0.15, 0.2) is 30.5 Å². The molecule has 3 rings (SSSR count). The molecule has 1 atom stereocenters. The highest BCUT2D eigenvalue weighted by molar-refractivity contribution is 5.88. The number of fused-ring (bicyclic) bond motifs is 1. The Labute approximate surface area is 111 Å². The quantitative estimate of drug-likeness (QED) is 0.762. The fourth-order valence-electron chi connectivity index (χ4n) is 2.38. The molecule has 3 N–H and O–H groups in total. The van der Waals surface area contributed by atoms with Crippen molar-refractivity contribution >= 4 is 16.8 Å². The third-order valence-corrected chi connectivity index (χ3v) is 3.70. The molecule has 0 radical (unpaired) electrons. The molecule has 1 aliphatic carbocycles. The minimum atomic E-state index is -0.382. The number of hydrogen-bond acceptors (Lipinski definition) is 2. The average Bonchev–Trinajstić information content (AvgIpc) is 3.20. The van der Waals surface area contributed by atoms with Gasteiger partial charge in [-0.15, -0.1) is 0 Å². The van der Waals surface area contributed by atoms with E-state index >= 15 is 0 Å². The van der Waals surface area contributed by atoms with Crippen LogP contribution in [0, 0.1) is 5.92 Å². The summed E-state index contributed by atoms with van der Waals surface area (Å²) in [7, 11) is 0. The standard InChI is InChI=1S/C15H18N2O2/c18-14(10-5-6-10)9-17-15(19)7-11-8-16-13-4-2-1-3-12(11)13/h1-4,8,10,14,16,18H,5-7,9H2,(H,17,19). The molecule has 1 aliphatic rings. The molecule has 0 spiro atoms. The average molecular weight is 258 g/mol. The Hall–Kier alpha value is -1.81. The maximum Gasteiger partial charge on any atom is 0.224 e. The Kier molecular flexibility index (Phi) is 3.25. The normalized spacial score (nSPS) is 16.5. The number of amides is 1. The zero-order chi connectivity index (χ0) is 13.2. The maximum atomic E-state index is 11.9. The van der Waals surface area contributed by atoms with E-state index in [0.29, 0.717) is 18.9 Å². The number of aromatic amines is 1. The van der Waals surface area contributed by atoms with E-state index in [2.05, 4.69) is 10.3 Å². The number of aliphatic hydroxyl groups excluding tert-OH is 1. The highest BCUT2D eigenvalue weighted by Gasteiger charge is 2.29. The van der Waals surface area contributed by atoms with Gasteiger partial charge in [0.15, 0.2) is 0 Å². The fourth-order valence-corrected chi connectivity index (χ4v) is 2.38. The molecule has 4 nitrogen and oxygen atoms in total. The Morgan fingerprint density at radius 1 is 1.42 bits per heavy atom. The Balaban J connectivity index is 1.59. The second-order valence-electron chi connectivity index (χ2n) is 5.25. The van der Waals surface area contributed by atoms with Gasteiger partial charge in [0.05, 0.1) is 12.5 Å². The molecule has 1 unspecified atom stereocenters. The third-order valence-electron chi connectivity index (χ3n) is 3.70. The number of benzene rings is 1. The lowest BCUT2D eigenvalue weighted by atomic mass is 10.1. The number of aliphatic hydroxyl groups is 1. The Bertz CT molecular complexity index is 587. The van der Waals surface area contributed by atoms with Crippen LogP contribution >= 0.6 is 0 Å². The third kappa shape index (κ3) is 2.79. The monoisotopic (exact) mass is 258 g/mol. The molecule has 1 saturated carbocycles. The van der Waals surface area contributed by atoms with Crippen molar-refractivity contribution in [2.75, 3.05) is 6.54 Å². The van der Waals surface area contributed by atoms with Crippen molar-refractivity contribution in [1.29, 1.82) is 0 Å². The number of rotatable bonds is 5. The number of aromatic nitrogens is 1. The van der Waals surface area contributed by atoms with E-state index in [0.717, 1.165) is 29.3 Å². The van der Waals surface area contributed by atoms with Crippen LogP contribution in [0.25, 0.3) is 10.9 Å². The molecule has 1 heterocycles. The Morgan fingerprint density at radius 2 is 2.21 bits per heavy atom. The first-order chi connectivity index (χ1) is 9.24. The number of para-hydroxylation sites is 1. The van der Waals surface area contributed by atoms with Gasteiger partial charge in [0.25, 0.3) is 0 Å². The highest BCUT2D eigenvalue weighted by Crippen LogP contribution is 2.32. The molecule has 0 saturated heterocycles. The molecule has 2 aromatic rings. The number of carbonyl (C=O) groups is 1. The maximum absolute atomic E-state index is 11.9. The summed E-state index contributed by atoms with van der Waals surface area (Å²) in [6, 6.07) is 7.93. The topological polar surface area (TPSA) is 65.1 Å². The van der Waals surface area contributed by atoms with Gasteiger partial charge in [0.2, 0.25) is 5.91 Å². The molecule has 1 amide bonds. The van der Waals surface area contributed by atoms with Gasteiger partial charge in [-0.3, -0.25) is 4.79 Å². The van der Waals surface area contributed by atoms with E-state index in [9.17, 15) is 9.90 Å². The lowest BCUT2D eigenvalue weighted by molar-refractivity contribution is -0.120. The summed E-state index contributed by atoms with van der Waals surface area (Å²) < 4.78 is 0. The number of nitrogens with one attached hydrogen (secondary N) is 2. The highest BCUT2D eigenvalue weighted by atomic mass is 16.3. The summed E-state index contributed by atoms with van der Waals surface area (Å²) in [5.74, 6) is 0.359. The predicted octanol–water partition coefficient (Wildman–Crippen LogP) is 1.60. The van der Waals surface area contributed by atoms with Crippen LogP contribution < -0.4 is 5.32 Å². The summed E-state index contributed by atoms with van der Waals surface area (Å²) in [5.41, 5.74) is 2.04. The van der Waals surface area contributed by atoms with Gasteiger partial charge in [0, 0.05) is 23.6 Å². The van der Waals surface area contributed by atoms with E-state index < -0.39 is 0 Å². The molecule has 0 aliphatic heterocycles. The summed E-state index contributed by atoms with van der Waals surface area (Å²) in [6.45, 7) is 0.367. The van der Waals surface area contributed by atoms with Crippen LogP contribution in [0.2, 0.25) is 0 Å². The van der Waals surface area contributed by atoms with Crippen molar-refractivity contribution in [2.45, 2.75) is 25.4 Å². The van der Waals surface area contributed by atoms with Crippen molar-refractivity contribution in [3.8, 4) is 0 Å². The summed E-state index contributed by atoms with van der Waals surface area (Å²) in [6.07, 6.45) is 4.01. The molecule has 1 fully saturated rings. The number of H-pyrrole nitrogens is 1. The minimum Gasteiger partial charge on any atom is -0.391 e. The second-order valence-corrected chi connectivity index (χ2v) is 5.25. The molecule has 19 heavy (non-hydrogen) atoms. The molecule has 100 valence electrons. The Morgan fingerprint density at radius 3 is 3.00 bits per heavy atom. The van der Waals surface area contributed by atoms with E-state index in [1.165, 1.54) is 0 Å². The van der Waals surface area contributed by atoms with E-state index in [1.54, 1.807) is 0 Å². The van der Waals surface area contributed by atoms with E-state index in [1.807, 2.05) is 30.5 Å². The lowest BCUT2D eigenvalue weighted by Crippen LogP contribution is -2.34. The summed E-state index contributed by atoms with van der Waals surface area (Å²) in [4.78, 5) is 15.0. The van der Waals surface area contributed by atoms with Gasteiger partial charge in [-0.1, -0.05) is 18.2 Å². The van der Waals surface area contributed by atoms with Crippen molar-refractivity contribution in [3.05, 3.63) is 36.0 Å². The van der Waals surface area contributed by atoms with Crippen LogP contribution in [0.3, 0.4) is 0 Å². The van der Waals surface area contributed by atoms with Gasteiger partial charge in [-0.25, -0.2) is 0 Å². The number of carbonyl (C=O) groups excluding carboxylic acids is 1. The molecular formula is C15H18N2O2. The van der Waals surface area contributed by atoms with Gasteiger partial charge >= 0.3 is 0 Å². The molecular weight excluding hydrogens is 240 g/mol. The lowest BCUT2D eigenvalue weighted by Gasteiger charge is -2.10. The van der Waals surface area contributed by atoms with Crippen LogP contribution in [-0.4, -0.2) is 28.6 Å². The zero-order valence-electron chi connectivity index (χ0n) is 10.7. The van der Waals surface area contributed by atoms with Crippen molar-refractivity contribution in [1.82, 2.24) is 10.3 Å². The smallest absolute Gasteiger partial charge is 0.224 e. The second kappa shape index (κ2) is 5.05. The first-order valence-electron chi connectivity index (χ1n) is 6.74. The first kappa shape index (κ1) is 12.2. The van der Waals surface area contributed by atoms with Crippen molar-refractivity contribution in [3.63, 3.8) is 0 Å². The molecule has 1 aromatic carbocycles. The number of hydrogen-bond donors (Lipinski definition) is 3. The van der Waals surface area contributed by atoms with E-state index in [4.69, 9.17) is 0 Å².